The highest BCUT2D eigenvalue weighted by Gasteiger charge is 2.55. The number of carbonyl (C=O) groups is 4. The normalized spacial score (nSPS) is 17.1. The fourth-order valence-electron chi connectivity index (χ4n) is 4.45. The topological polar surface area (TPSA) is 105 Å². The van der Waals surface area contributed by atoms with Gasteiger partial charge < -0.3 is 19.7 Å². The summed E-state index contributed by atoms with van der Waals surface area (Å²) in [6.45, 7) is -1.08. The Morgan fingerprint density at radius 3 is 2.38 bits per heavy atom. The fourth-order valence-corrected chi connectivity index (χ4v) is 4.45. The van der Waals surface area contributed by atoms with Gasteiger partial charge in [0.25, 0.3) is 11.8 Å². The molecule has 2 fully saturated rings. The number of hydrogen-bond donors (Lipinski definition) is 1. The molecule has 0 aromatic heterocycles. The molecule has 178 valence electrons. The minimum absolute atomic E-state index is 0.368. The van der Waals surface area contributed by atoms with Gasteiger partial charge in [0.2, 0.25) is 0 Å². The summed E-state index contributed by atoms with van der Waals surface area (Å²) in [6, 6.07) is 15.5. The van der Waals surface area contributed by atoms with Crippen molar-refractivity contribution in [1.29, 1.82) is 0 Å². The van der Waals surface area contributed by atoms with Gasteiger partial charge in [0.1, 0.15) is 17.8 Å². The number of anilines is 1. The Hall–Kier alpha value is -3.88. The summed E-state index contributed by atoms with van der Waals surface area (Å²) < 4.78 is 10.9. The first-order valence-corrected chi connectivity index (χ1v) is 11.3. The molecule has 1 spiro atoms. The zero-order valence-electron chi connectivity index (χ0n) is 19.0. The summed E-state index contributed by atoms with van der Waals surface area (Å²) >= 11 is 0. The van der Waals surface area contributed by atoms with Crippen molar-refractivity contribution in [2.24, 2.45) is 0 Å². The average Bonchev–Trinajstić information content (AvgIpc) is 3.01. The SMILES string of the molecule is CN1C(=O)N(CC(=O)OCC(=O)Nc2ccccc2Oc2ccccc2)C(=O)C12CCCCC2. The highest BCUT2D eigenvalue weighted by atomic mass is 16.5. The first-order chi connectivity index (χ1) is 16.4. The Morgan fingerprint density at radius 2 is 1.65 bits per heavy atom. The van der Waals surface area contributed by atoms with Crippen LogP contribution < -0.4 is 10.1 Å². The number of imide groups is 1. The summed E-state index contributed by atoms with van der Waals surface area (Å²) in [5.74, 6) is -0.726. The Bertz CT molecular complexity index is 1080. The van der Waals surface area contributed by atoms with E-state index in [0.29, 0.717) is 30.0 Å². The third-order valence-electron chi connectivity index (χ3n) is 6.27. The molecule has 2 aromatic rings. The molecule has 34 heavy (non-hydrogen) atoms. The smallest absolute Gasteiger partial charge is 0.327 e. The Kier molecular flexibility index (Phi) is 6.81. The van der Waals surface area contributed by atoms with Crippen LogP contribution >= 0.6 is 0 Å². The number of benzene rings is 2. The molecule has 0 radical (unpaired) electrons. The molecule has 1 aliphatic carbocycles. The fraction of sp³-hybridized carbons (Fsp3) is 0.360. The minimum atomic E-state index is -0.866. The standard InChI is InChI=1S/C25H27N3O6/c1-27-24(32)28(23(31)25(27)14-8-3-9-15-25)16-22(30)33-17-21(29)26-19-12-6-7-13-20(19)34-18-10-4-2-5-11-18/h2,4-7,10-13H,3,8-9,14-17H2,1H3,(H,26,29). The molecule has 9 nitrogen and oxygen atoms in total. The van der Waals surface area contributed by atoms with Crippen LogP contribution in [0, 0.1) is 0 Å². The maximum Gasteiger partial charge on any atom is 0.327 e. The van der Waals surface area contributed by atoms with E-state index < -0.39 is 36.6 Å². The van der Waals surface area contributed by atoms with Crippen molar-refractivity contribution < 1.29 is 28.7 Å². The quantitative estimate of drug-likeness (QED) is 0.495. The molecule has 2 aromatic carbocycles. The number of likely N-dealkylation sites (N-methyl/N-ethyl adjacent to an activating group) is 1. The van der Waals surface area contributed by atoms with E-state index in [1.54, 1.807) is 43.4 Å². The Balaban J connectivity index is 1.31. The molecule has 1 saturated carbocycles. The maximum absolute atomic E-state index is 13.0. The summed E-state index contributed by atoms with van der Waals surface area (Å²) in [4.78, 5) is 52.7. The highest BCUT2D eigenvalue weighted by Crippen LogP contribution is 2.39. The molecule has 2 aliphatic rings. The zero-order chi connectivity index (χ0) is 24.1. The van der Waals surface area contributed by atoms with Crippen LogP contribution in [-0.4, -0.2) is 59.4 Å². The van der Waals surface area contributed by atoms with Crippen LogP contribution in [0.15, 0.2) is 54.6 Å². The van der Waals surface area contributed by atoms with Crippen LogP contribution in [0.5, 0.6) is 11.5 Å². The van der Waals surface area contributed by atoms with Crippen LogP contribution in [-0.2, 0) is 19.1 Å². The second-order valence-corrected chi connectivity index (χ2v) is 8.45. The van der Waals surface area contributed by atoms with Gasteiger partial charge in [-0.15, -0.1) is 0 Å². The van der Waals surface area contributed by atoms with Gasteiger partial charge in [0.05, 0.1) is 5.69 Å². The molecule has 1 heterocycles. The van der Waals surface area contributed by atoms with Gasteiger partial charge in [-0.05, 0) is 37.1 Å². The minimum Gasteiger partial charge on any atom is -0.455 e. The van der Waals surface area contributed by atoms with E-state index in [9.17, 15) is 19.2 Å². The molecule has 1 saturated heterocycles. The largest absolute Gasteiger partial charge is 0.455 e. The van der Waals surface area contributed by atoms with Crippen molar-refractivity contribution in [3.8, 4) is 11.5 Å². The van der Waals surface area contributed by atoms with Crippen molar-refractivity contribution in [3.05, 3.63) is 54.6 Å². The second kappa shape index (κ2) is 9.94. The Morgan fingerprint density at radius 1 is 0.971 bits per heavy atom. The van der Waals surface area contributed by atoms with Crippen molar-refractivity contribution in [2.75, 3.05) is 25.5 Å². The summed E-state index contributed by atoms with van der Waals surface area (Å²) in [5, 5.41) is 2.65. The summed E-state index contributed by atoms with van der Waals surface area (Å²) in [7, 11) is 1.60. The first-order valence-electron chi connectivity index (χ1n) is 11.3. The molecule has 1 N–H and O–H groups in total. The molecular formula is C25H27N3O6. The molecule has 0 bridgehead atoms. The van der Waals surface area contributed by atoms with Crippen LogP contribution in [0.4, 0.5) is 10.5 Å². The molecular weight excluding hydrogens is 438 g/mol. The van der Waals surface area contributed by atoms with E-state index in [0.717, 1.165) is 24.2 Å². The number of amides is 4. The Labute approximate surface area is 197 Å². The van der Waals surface area contributed by atoms with Gasteiger partial charge in [-0.3, -0.25) is 19.3 Å². The molecule has 9 heteroatoms. The summed E-state index contributed by atoms with van der Waals surface area (Å²) in [6.07, 6.45) is 3.92. The van der Waals surface area contributed by atoms with E-state index >= 15 is 0 Å². The van der Waals surface area contributed by atoms with Gasteiger partial charge in [0, 0.05) is 7.05 Å². The van der Waals surface area contributed by atoms with E-state index in [-0.39, 0.29) is 5.91 Å². The lowest BCUT2D eigenvalue weighted by Gasteiger charge is -2.35. The lowest BCUT2D eigenvalue weighted by Crippen LogP contribution is -2.49. The summed E-state index contributed by atoms with van der Waals surface area (Å²) in [5.41, 5.74) is -0.451. The average molecular weight is 466 g/mol. The third kappa shape index (κ3) is 4.73. The number of nitrogens with one attached hydrogen (secondary N) is 1. The van der Waals surface area contributed by atoms with Crippen molar-refractivity contribution >= 4 is 29.5 Å². The number of nitrogens with zero attached hydrogens (tertiary/aromatic N) is 2. The second-order valence-electron chi connectivity index (χ2n) is 8.45. The van der Waals surface area contributed by atoms with Crippen molar-refractivity contribution in [2.45, 2.75) is 37.6 Å². The van der Waals surface area contributed by atoms with Gasteiger partial charge in [-0.25, -0.2) is 4.79 Å². The number of para-hydroxylation sites is 3. The van der Waals surface area contributed by atoms with E-state index in [2.05, 4.69) is 5.32 Å². The van der Waals surface area contributed by atoms with Crippen LogP contribution in [0.2, 0.25) is 0 Å². The number of urea groups is 1. The highest BCUT2D eigenvalue weighted by molar-refractivity contribution is 6.08. The van der Waals surface area contributed by atoms with Crippen molar-refractivity contribution in [1.82, 2.24) is 9.80 Å². The van der Waals surface area contributed by atoms with Crippen LogP contribution in [0.1, 0.15) is 32.1 Å². The van der Waals surface area contributed by atoms with Gasteiger partial charge >= 0.3 is 12.0 Å². The maximum atomic E-state index is 13.0. The molecule has 0 unspecified atom stereocenters. The van der Waals surface area contributed by atoms with Crippen LogP contribution in [0.3, 0.4) is 0 Å². The monoisotopic (exact) mass is 465 g/mol. The zero-order valence-corrected chi connectivity index (χ0v) is 19.0. The van der Waals surface area contributed by atoms with Gasteiger partial charge in [-0.2, -0.15) is 0 Å². The number of ether oxygens (including phenoxy) is 2. The van der Waals surface area contributed by atoms with E-state index in [1.165, 1.54) is 4.90 Å². The lowest BCUT2D eigenvalue weighted by molar-refractivity contribution is -0.150. The molecule has 1 aliphatic heterocycles. The van der Waals surface area contributed by atoms with Gasteiger partial charge in [0.15, 0.2) is 12.4 Å². The number of esters is 1. The first kappa shape index (κ1) is 23.3. The van der Waals surface area contributed by atoms with E-state index in [4.69, 9.17) is 9.47 Å². The predicted molar refractivity (Wildman–Crippen MR) is 123 cm³/mol. The number of carbonyl (C=O) groups excluding carboxylic acids is 4. The van der Waals surface area contributed by atoms with E-state index in [1.807, 2.05) is 18.2 Å². The molecule has 0 atom stereocenters. The third-order valence-corrected chi connectivity index (χ3v) is 6.27. The van der Waals surface area contributed by atoms with Crippen LogP contribution in [0.25, 0.3) is 0 Å². The molecule has 4 amide bonds. The number of hydrogen-bond acceptors (Lipinski definition) is 6. The predicted octanol–water partition coefficient (Wildman–Crippen LogP) is 3.56. The van der Waals surface area contributed by atoms with Gasteiger partial charge in [-0.1, -0.05) is 49.6 Å². The molecule has 4 rings (SSSR count). The lowest BCUT2D eigenvalue weighted by atomic mass is 9.81. The van der Waals surface area contributed by atoms with Crippen molar-refractivity contribution in [3.63, 3.8) is 0 Å². The number of rotatable bonds is 7.